The Morgan fingerprint density at radius 3 is 2.88 bits per heavy atom. The highest BCUT2D eigenvalue weighted by Gasteiger charge is 2.13. The van der Waals surface area contributed by atoms with Gasteiger partial charge in [0.05, 0.1) is 4.90 Å². The van der Waals surface area contributed by atoms with Crippen LogP contribution in [0.25, 0.3) is 0 Å². The zero-order valence-corrected chi connectivity index (χ0v) is 10.6. The molecule has 0 radical (unpaired) electrons. The van der Waals surface area contributed by atoms with Gasteiger partial charge >= 0.3 is 0 Å². The molecule has 1 atom stereocenters. The summed E-state index contributed by atoms with van der Waals surface area (Å²) in [5.41, 5.74) is 0. The van der Waals surface area contributed by atoms with Gasteiger partial charge in [0, 0.05) is 25.0 Å². The molecular formula is C11H17N3O2S. The third-order valence-electron chi connectivity index (χ3n) is 2.86. The molecule has 1 unspecified atom stereocenters. The molecule has 1 aromatic rings. The second-order valence-electron chi connectivity index (χ2n) is 4.33. The van der Waals surface area contributed by atoms with Gasteiger partial charge in [0.15, 0.2) is 9.84 Å². The number of pyridine rings is 1. The summed E-state index contributed by atoms with van der Waals surface area (Å²) < 4.78 is 22.5. The number of hydrogen-bond donors (Lipinski definition) is 2. The predicted octanol–water partition coefficient (Wildman–Crippen LogP) is 0.649. The van der Waals surface area contributed by atoms with Gasteiger partial charge in [0.2, 0.25) is 0 Å². The van der Waals surface area contributed by atoms with Crippen molar-refractivity contribution in [2.24, 2.45) is 0 Å². The Labute approximate surface area is 102 Å². The van der Waals surface area contributed by atoms with Crippen LogP contribution in [-0.4, -0.2) is 38.8 Å². The zero-order chi connectivity index (χ0) is 12.3. The van der Waals surface area contributed by atoms with E-state index in [0.717, 1.165) is 13.1 Å². The first-order chi connectivity index (χ1) is 8.05. The predicted molar refractivity (Wildman–Crippen MR) is 66.9 cm³/mol. The number of aromatic nitrogens is 1. The van der Waals surface area contributed by atoms with Crippen molar-refractivity contribution in [2.75, 3.05) is 24.7 Å². The summed E-state index contributed by atoms with van der Waals surface area (Å²) >= 11 is 0. The molecule has 94 valence electrons. The molecule has 0 bridgehead atoms. The van der Waals surface area contributed by atoms with E-state index >= 15 is 0 Å². The lowest BCUT2D eigenvalue weighted by Gasteiger charge is -2.11. The first kappa shape index (κ1) is 12.3. The Hall–Kier alpha value is -1.14. The number of hydrogen-bond acceptors (Lipinski definition) is 5. The van der Waals surface area contributed by atoms with Crippen LogP contribution in [0.4, 0.5) is 5.82 Å². The molecule has 2 rings (SSSR count). The normalized spacial score (nSPS) is 20.4. The number of nitrogens with one attached hydrogen (secondary N) is 2. The smallest absolute Gasteiger partial charge is 0.177 e. The van der Waals surface area contributed by atoms with Crippen LogP contribution in [0, 0.1) is 0 Å². The maximum atomic E-state index is 11.2. The van der Waals surface area contributed by atoms with E-state index in [0.29, 0.717) is 11.9 Å². The SMILES string of the molecule is CS(=O)(=O)c1ccc(NCC2CCCN2)nc1. The first-order valence-corrected chi connectivity index (χ1v) is 7.58. The Bertz CT molecular complexity index is 464. The lowest BCUT2D eigenvalue weighted by Crippen LogP contribution is -2.29. The number of nitrogens with zero attached hydrogens (tertiary/aromatic N) is 1. The van der Waals surface area contributed by atoms with E-state index in [9.17, 15) is 8.42 Å². The van der Waals surface area contributed by atoms with E-state index in [2.05, 4.69) is 15.6 Å². The molecule has 2 N–H and O–H groups in total. The topological polar surface area (TPSA) is 71.1 Å². The number of sulfone groups is 1. The van der Waals surface area contributed by atoms with Crippen LogP contribution in [0.5, 0.6) is 0 Å². The van der Waals surface area contributed by atoms with Crippen molar-refractivity contribution in [2.45, 2.75) is 23.8 Å². The molecule has 0 amide bonds. The molecular weight excluding hydrogens is 238 g/mol. The van der Waals surface area contributed by atoms with Gasteiger partial charge in [-0.25, -0.2) is 13.4 Å². The maximum absolute atomic E-state index is 11.2. The Morgan fingerprint density at radius 2 is 2.35 bits per heavy atom. The zero-order valence-electron chi connectivity index (χ0n) is 9.81. The summed E-state index contributed by atoms with van der Waals surface area (Å²) in [7, 11) is -3.15. The molecule has 2 heterocycles. The quantitative estimate of drug-likeness (QED) is 0.826. The van der Waals surface area contributed by atoms with Gasteiger partial charge in [-0.1, -0.05) is 0 Å². The average Bonchev–Trinajstić information content (AvgIpc) is 2.78. The van der Waals surface area contributed by atoms with Crippen molar-refractivity contribution in [3.05, 3.63) is 18.3 Å². The fourth-order valence-corrected chi connectivity index (χ4v) is 2.42. The van der Waals surface area contributed by atoms with E-state index in [4.69, 9.17) is 0 Å². The van der Waals surface area contributed by atoms with Gasteiger partial charge in [-0.2, -0.15) is 0 Å². The van der Waals surface area contributed by atoms with E-state index in [1.165, 1.54) is 25.3 Å². The monoisotopic (exact) mass is 255 g/mol. The molecule has 1 fully saturated rings. The van der Waals surface area contributed by atoms with E-state index in [-0.39, 0.29) is 4.90 Å². The molecule has 5 nitrogen and oxygen atoms in total. The van der Waals surface area contributed by atoms with Crippen LogP contribution in [0.1, 0.15) is 12.8 Å². The third kappa shape index (κ3) is 3.41. The second-order valence-corrected chi connectivity index (χ2v) is 6.34. The lowest BCUT2D eigenvalue weighted by molar-refractivity contribution is 0.601. The molecule has 1 aromatic heterocycles. The molecule has 1 aliphatic heterocycles. The highest BCUT2D eigenvalue weighted by Crippen LogP contribution is 2.11. The number of anilines is 1. The molecule has 1 saturated heterocycles. The number of rotatable bonds is 4. The highest BCUT2D eigenvalue weighted by molar-refractivity contribution is 7.90. The van der Waals surface area contributed by atoms with Crippen molar-refractivity contribution in [3.63, 3.8) is 0 Å². The van der Waals surface area contributed by atoms with Gasteiger partial charge in [0.1, 0.15) is 5.82 Å². The summed E-state index contributed by atoms with van der Waals surface area (Å²) in [6, 6.07) is 3.77. The summed E-state index contributed by atoms with van der Waals surface area (Å²) in [5, 5.41) is 6.57. The van der Waals surface area contributed by atoms with Crippen LogP contribution in [-0.2, 0) is 9.84 Å². The summed E-state index contributed by atoms with van der Waals surface area (Å²) in [4.78, 5) is 4.34. The van der Waals surface area contributed by atoms with Gasteiger partial charge in [-0.05, 0) is 31.5 Å². The minimum Gasteiger partial charge on any atom is -0.369 e. The first-order valence-electron chi connectivity index (χ1n) is 5.69. The van der Waals surface area contributed by atoms with Crippen molar-refractivity contribution in [3.8, 4) is 0 Å². The minimum absolute atomic E-state index is 0.252. The molecule has 1 aliphatic rings. The van der Waals surface area contributed by atoms with Crippen molar-refractivity contribution >= 4 is 15.7 Å². The largest absolute Gasteiger partial charge is 0.369 e. The van der Waals surface area contributed by atoms with Gasteiger partial charge in [-0.3, -0.25) is 0 Å². The Balaban J connectivity index is 1.94. The van der Waals surface area contributed by atoms with Gasteiger partial charge < -0.3 is 10.6 Å². The Morgan fingerprint density at radius 1 is 1.53 bits per heavy atom. The Kier molecular flexibility index (Phi) is 3.63. The fraction of sp³-hybridized carbons (Fsp3) is 0.545. The molecule has 0 saturated carbocycles. The maximum Gasteiger partial charge on any atom is 0.177 e. The summed E-state index contributed by atoms with van der Waals surface area (Å²) in [5.74, 6) is 0.714. The van der Waals surface area contributed by atoms with Gasteiger partial charge in [0.25, 0.3) is 0 Å². The summed E-state index contributed by atoms with van der Waals surface area (Å²) in [6.07, 6.45) is 4.96. The summed E-state index contributed by atoms with van der Waals surface area (Å²) in [6.45, 7) is 1.90. The van der Waals surface area contributed by atoms with E-state index in [1.807, 2.05) is 0 Å². The molecule has 0 spiro atoms. The molecule has 17 heavy (non-hydrogen) atoms. The van der Waals surface area contributed by atoms with Crippen molar-refractivity contribution in [1.29, 1.82) is 0 Å². The molecule has 0 aliphatic carbocycles. The van der Waals surface area contributed by atoms with Crippen LogP contribution in [0.3, 0.4) is 0 Å². The second kappa shape index (κ2) is 5.01. The molecule has 6 heteroatoms. The van der Waals surface area contributed by atoms with Crippen LogP contribution >= 0.6 is 0 Å². The molecule has 0 aromatic carbocycles. The van der Waals surface area contributed by atoms with Crippen LogP contribution < -0.4 is 10.6 Å². The fourth-order valence-electron chi connectivity index (χ4n) is 1.86. The van der Waals surface area contributed by atoms with Crippen molar-refractivity contribution in [1.82, 2.24) is 10.3 Å². The van der Waals surface area contributed by atoms with E-state index in [1.54, 1.807) is 12.1 Å². The minimum atomic E-state index is -3.15. The lowest BCUT2D eigenvalue weighted by atomic mass is 10.2. The van der Waals surface area contributed by atoms with Gasteiger partial charge in [-0.15, -0.1) is 0 Å². The average molecular weight is 255 g/mol. The standard InChI is InChI=1S/C11H17N3O2S/c1-17(15,16)10-4-5-11(14-8-10)13-7-9-3-2-6-12-9/h4-5,8-9,12H,2-3,6-7H2,1H3,(H,13,14). The van der Waals surface area contributed by atoms with E-state index < -0.39 is 9.84 Å². The third-order valence-corrected chi connectivity index (χ3v) is 3.95. The van der Waals surface area contributed by atoms with Crippen LogP contribution in [0.15, 0.2) is 23.2 Å². The van der Waals surface area contributed by atoms with Crippen LogP contribution in [0.2, 0.25) is 0 Å². The highest BCUT2D eigenvalue weighted by atomic mass is 32.2. The van der Waals surface area contributed by atoms with Crippen molar-refractivity contribution < 1.29 is 8.42 Å².